The maximum atomic E-state index is 12.6. The molecule has 0 aliphatic heterocycles. The van der Waals surface area contributed by atoms with E-state index >= 15 is 0 Å². The van der Waals surface area contributed by atoms with Gasteiger partial charge in [0.05, 0.1) is 25.4 Å². The van der Waals surface area contributed by atoms with Crippen LogP contribution in [0.5, 0.6) is 0 Å². The van der Waals surface area contributed by atoms with Gasteiger partial charge in [-0.3, -0.25) is 13.8 Å². The lowest BCUT2D eigenvalue weighted by molar-refractivity contribution is -0.123. The largest absolute Gasteiger partial charge is 0.472 e. The number of phosphoric acid groups is 1. The lowest BCUT2D eigenvalue weighted by Crippen LogP contribution is -2.45. The molecule has 0 aromatic rings. The van der Waals surface area contributed by atoms with Gasteiger partial charge in [-0.15, -0.1) is 0 Å². The van der Waals surface area contributed by atoms with Gasteiger partial charge in [-0.05, 0) is 19.3 Å². The third kappa shape index (κ3) is 29.7. The Balaban J connectivity index is 4.36. The normalized spacial score (nSPS) is 14.6. The van der Waals surface area contributed by atoms with E-state index in [9.17, 15) is 19.4 Å². The van der Waals surface area contributed by atoms with Gasteiger partial charge in [-0.25, -0.2) is 4.57 Å². The fraction of sp³-hybridized carbons (Fsp3) is 0.912. The third-order valence-corrected chi connectivity index (χ3v) is 8.85. The molecule has 0 aliphatic rings. The molecule has 3 atom stereocenters. The Morgan fingerprint density at radius 2 is 1.19 bits per heavy atom. The summed E-state index contributed by atoms with van der Waals surface area (Å²) in [6.45, 7) is 4.11. The van der Waals surface area contributed by atoms with Crippen molar-refractivity contribution in [3.05, 3.63) is 12.2 Å². The molecule has 0 spiro atoms. The molecule has 0 saturated carbocycles. The molecule has 1 amide bonds. The Labute approximate surface area is 265 Å². The summed E-state index contributed by atoms with van der Waals surface area (Å²) in [5.74, 6) is -0.196. The summed E-state index contributed by atoms with van der Waals surface area (Å²) in [7, 11) is -4.32. The molecule has 0 aromatic heterocycles. The maximum Gasteiger partial charge on any atom is 0.472 e. The topological polar surface area (TPSA) is 131 Å². The second kappa shape index (κ2) is 31.2. The van der Waals surface area contributed by atoms with E-state index in [0.29, 0.717) is 6.42 Å². The molecular weight excluding hydrogens is 563 g/mol. The first kappa shape index (κ1) is 42.2. The third-order valence-electron chi connectivity index (χ3n) is 7.86. The van der Waals surface area contributed by atoms with Gasteiger partial charge in [0.25, 0.3) is 0 Å². The molecule has 256 valence electrons. The number of hydrogen-bond donors (Lipinski definition) is 4. The van der Waals surface area contributed by atoms with Crippen molar-refractivity contribution in [3.63, 3.8) is 0 Å². The van der Waals surface area contributed by atoms with Crippen molar-refractivity contribution < 1.29 is 28.4 Å². The number of allylic oxidation sites excluding steroid dienone is 1. The molecule has 0 heterocycles. The van der Waals surface area contributed by atoms with Gasteiger partial charge in [-0.2, -0.15) is 0 Å². The number of carbonyl (C=O) groups excluding carboxylic acids is 1. The Hall–Kier alpha value is -0.760. The zero-order chi connectivity index (χ0) is 31.9. The van der Waals surface area contributed by atoms with Crippen molar-refractivity contribution >= 4 is 13.7 Å². The first-order chi connectivity index (χ1) is 20.9. The average Bonchev–Trinajstić information content (AvgIpc) is 2.99. The smallest absolute Gasteiger partial charge is 0.387 e. The highest BCUT2D eigenvalue weighted by Crippen LogP contribution is 2.43. The number of amides is 1. The minimum Gasteiger partial charge on any atom is -0.387 e. The number of carbonyl (C=O) groups is 1. The molecule has 9 heteroatoms. The fourth-order valence-electron chi connectivity index (χ4n) is 5.13. The summed E-state index contributed by atoms with van der Waals surface area (Å²) in [4.78, 5) is 22.5. The monoisotopic (exact) mass is 632 g/mol. The quantitative estimate of drug-likeness (QED) is 0.0323. The van der Waals surface area contributed by atoms with E-state index in [1.165, 1.54) is 109 Å². The van der Waals surface area contributed by atoms with Crippen LogP contribution in [0, 0.1) is 0 Å². The number of nitrogens with one attached hydrogen (secondary N) is 1. The number of rotatable bonds is 33. The minimum absolute atomic E-state index is 0.0808. The molecule has 0 bridgehead atoms. The molecule has 5 N–H and O–H groups in total. The van der Waals surface area contributed by atoms with Crippen molar-refractivity contribution in [1.29, 1.82) is 0 Å². The molecule has 3 unspecified atom stereocenters. The predicted octanol–water partition coefficient (Wildman–Crippen LogP) is 8.88. The Bertz CT molecular complexity index is 694. The number of unbranched alkanes of at least 4 members (excludes halogenated alkanes) is 21. The van der Waals surface area contributed by atoms with Crippen molar-refractivity contribution in [3.8, 4) is 0 Å². The van der Waals surface area contributed by atoms with Gasteiger partial charge < -0.3 is 21.1 Å². The van der Waals surface area contributed by atoms with Crippen molar-refractivity contribution in [2.45, 2.75) is 180 Å². The van der Waals surface area contributed by atoms with Crippen molar-refractivity contribution in [2.24, 2.45) is 5.73 Å². The van der Waals surface area contributed by atoms with Gasteiger partial charge in [0.1, 0.15) is 0 Å². The summed E-state index contributed by atoms with van der Waals surface area (Å²) in [6.07, 6.45) is 31.0. The van der Waals surface area contributed by atoms with Crippen LogP contribution in [0.15, 0.2) is 12.2 Å². The summed E-state index contributed by atoms with van der Waals surface area (Å²) >= 11 is 0. The van der Waals surface area contributed by atoms with Gasteiger partial charge in [0.2, 0.25) is 5.91 Å². The molecule has 0 rings (SSSR count). The summed E-state index contributed by atoms with van der Waals surface area (Å²) in [6, 6.07) is -0.851. The molecule has 0 radical (unpaired) electrons. The molecular formula is C34H69N2O6P. The Morgan fingerprint density at radius 3 is 1.65 bits per heavy atom. The second-order valence-electron chi connectivity index (χ2n) is 12.1. The van der Waals surface area contributed by atoms with Gasteiger partial charge in [0, 0.05) is 13.0 Å². The predicted molar refractivity (Wildman–Crippen MR) is 180 cm³/mol. The maximum absolute atomic E-state index is 12.6. The van der Waals surface area contributed by atoms with Crippen LogP contribution in [-0.2, 0) is 18.4 Å². The molecule has 0 aliphatic carbocycles. The summed E-state index contributed by atoms with van der Waals surface area (Å²) in [5, 5.41) is 13.6. The van der Waals surface area contributed by atoms with Gasteiger partial charge in [-0.1, -0.05) is 154 Å². The van der Waals surface area contributed by atoms with E-state index in [2.05, 4.69) is 19.2 Å². The number of nitrogens with two attached hydrogens (primary N) is 1. The summed E-state index contributed by atoms with van der Waals surface area (Å²) < 4.78 is 22.0. The molecule has 43 heavy (non-hydrogen) atoms. The van der Waals surface area contributed by atoms with Crippen LogP contribution in [-0.4, -0.2) is 47.8 Å². The Morgan fingerprint density at radius 1 is 0.744 bits per heavy atom. The fourth-order valence-corrected chi connectivity index (χ4v) is 5.89. The van der Waals surface area contributed by atoms with Crippen molar-refractivity contribution in [2.75, 3.05) is 19.8 Å². The first-order valence-corrected chi connectivity index (χ1v) is 19.3. The van der Waals surface area contributed by atoms with Crippen LogP contribution in [0.25, 0.3) is 0 Å². The molecule has 0 fully saturated rings. The summed E-state index contributed by atoms with van der Waals surface area (Å²) in [5.41, 5.74) is 5.34. The van der Waals surface area contributed by atoms with Crippen molar-refractivity contribution in [1.82, 2.24) is 5.32 Å². The zero-order valence-electron chi connectivity index (χ0n) is 28.0. The number of aliphatic hydroxyl groups excluding tert-OH is 1. The molecule has 0 saturated heterocycles. The van der Waals surface area contributed by atoms with Gasteiger partial charge in [0.15, 0.2) is 0 Å². The van der Waals surface area contributed by atoms with E-state index in [0.717, 1.165) is 38.5 Å². The number of aliphatic hydroxyl groups is 1. The van der Waals surface area contributed by atoms with Gasteiger partial charge >= 0.3 is 7.82 Å². The lowest BCUT2D eigenvalue weighted by atomic mass is 10.0. The van der Waals surface area contributed by atoms with E-state index in [1.54, 1.807) is 6.08 Å². The van der Waals surface area contributed by atoms with Crippen LogP contribution in [0.3, 0.4) is 0 Å². The average molecular weight is 633 g/mol. The molecule has 8 nitrogen and oxygen atoms in total. The SMILES string of the molecule is CCCCCCCCCCCC/C=C/C(O)C(COP(=O)(O)OCCN)NC(=O)CCCCCCCCCCCCCC. The number of phosphoric ester groups is 1. The van der Waals surface area contributed by atoms with Crippen LogP contribution < -0.4 is 11.1 Å². The molecule has 0 aromatic carbocycles. The standard InChI is InChI=1S/C34H69N2O6P/c1-3-5-7-9-11-13-15-17-19-21-23-25-27-33(37)32(31-42-43(39,40)41-30-29-35)36-34(38)28-26-24-22-20-18-16-14-12-10-8-6-4-2/h25,27,32-33,37H,3-24,26,28-31,35H2,1-2H3,(H,36,38)(H,39,40)/b27-25+. The van der Waals surface area contributed by atoms with Crippen LogP contribution in [0.4, 0.5) is 0 Å². The second-order valence-corrected chi connectivity index (χ2v) is 13.5. The minimum atomic E-state index is -4.32. The first-order valence-electron chi connectivity index (χ1n) is 17.8. The van der Waals surface area contributed by atoms with E-state index in [4.69, 9.17) is 14.8 Å². The van der Waals surface area contributed by atoms with Crippen LogP contribution >= 0.6 is 7.82 Å². The van der Waals surface area contributed by atoms with Crippen LogP contribution in [0.2, 0.25) is 0 Å². The Kier molecular flexibility index (Phi) is 30.7. The van der Waals surface area contributed by atoms with E-state index < -0.39 is 20.0 Å². The highest BCUT2D eigenvalue weighted by molar-refractivity contribution is 7.47. The highest BCUT2D eigenvalue weighted by atomic mass is 31.2. The van der Waals surface area contributed by atoms with E-state index in [1.807, 2.05) is 6.08 Å². The zero-order valence-corrected chi connectivity index (χ0v) is 28.8. The lowest BCUT2D eigenvalue weighted by Gasteiger charge is -2.23. The van der Waals surface area contributed by atoms with E-state index in [-0.39, 0.29) is 25.7 Å². The number of hydrogen-bond acceptors (Lipinski definition) is 6. The highest BCUT2D eigenvalue weighted by Gasteiger charge is 2.26. The van der Waals surface area contributed by atoms with Crippen LogP contribution in [0.1, 0.15) is 168 Å².